The predicted molar refractivity (Wildman–Crippen MR) is 84.5 cm³/mol. The molecule has 9 nitrogen and oxygen atoms in total. The van der Waals surface area contributed by atoms with Crippen LogP contribution in [-0.2, 0) is 0 Å². The SMILES string of the molecule is CN(C)/C=N/c1ncnc2c([C@@H]3N[C@H](CO)[C@@H](O)[C@H]3O)c[nH]c12. The van der Waals surface area contributed by atoms with E-state index in [1.807, 2.05) is 14.1 Å². The molecule has 9 heteroatoms. The fourth-order valence-electron chi connectivity index (χ4n) is 2.75. The van der Waals surface area contributed by atoms with Crippen molar-refractivity contribution in [2.24, 2.45) is 4.99 Å². The van der Waals surface area contributed by atoms with Gasteiger partial charge in [-0.25, -0.2) is 15.0 Å². The van der Waals surface area contributed by atoms with Crippen LogP contribution in [0.2, 0.25) is 0 Å². The zero-order valence-electron chi connectivity index (χ0n) is 12.9. The van der Waals surface area contributed by atoms with Crippen molar-refractivity contribution in [2.45, 2.75) is 24.3 Å². The van der Waals surface area contributed by atoms with E-state index in [2.05, 4.69) is 25.3 Å². The molecule has 1 aliphatic heterocycles. The van der Waals surface area contributed by atoms with Gasteiger partial charge in [0.05, 0.1) is 36.6 Å². The van der Waals surface area contributed by atoms with Gasteiger partial charge in [-0.1, -0.05) is 0 Å². The first-order valence-corrected chi connectivity index (χ1v) is 7.28. The van der Waals surface area contributed by atoms with Crippen LogP contribution in [0, 0.1) is 0 Å². The van der Waals surface area contributed by atoms with Crippen molar-refractivity contribution in [3.8, 4) is 0 Å². The minimum absolute atomic E-state index is 0.259. The molecule has 1 saturated heterocycles. The molecule has 5 N–H and O–H groups in total. The second kappa shape index (κ2) is 6.20. The molecule has 3 heterocycles. The van der Waals surface area contributed by atoms with E-state index in [0.29, 0.717) is 22.4 Å². The zero-order valence-corrected chi connectivity index (χ0v) is 12.9. The molecule has 0 aromatic carbocycles. The maximum absolute atomic E-state index is 10.2. The van der Waals surface area contributed by atoms with Gasteiger partial charge < -0.3 is 30.5 Å². The summed E-state index contributed by atoms with van der Waals surface area (Å²) < 4.78 is 0. The molecule has 0 bridgehead atoms. The van der Waals surface area contributed by atoms with Gasteiger partial charge >= 0.3 is 0 Å². The van der Waals surface area contributed by atoms with Crippen LogP contribution in [0.1, 0.15) is 11.6 Å². The van der Waals surface area contributed by atoms with Crippen LogP contribution >= 0.6 is 0 Å². The molecule has 0 unspecified atom stereocenters. The first-order valence-electron chi connectivity index (χ1n) is 7.28. The van der Waals surface area contributed by atoms with E-state index in [1.165, 1.54) is 6.33 Å². The molecule has 4 atom stereocenters. The summed E-state index contributed by atoms with van der Waals surface area (Å²) in [6, 6.07) is -1.11. The Labute approximate surface area is 132 Å². The Hall–Kier alpha value is -2.07. The highest BCUT2D eigenvalue weighted by Crippen LogP contribution is 2.33. The lowest BCUT2D eigenvalue weighted by Gasteiger charge is -2.14. The number of nitrogens with one attached hydrogen (secondary N) is 2. The monoisotopic (exact) mass is 320 g/mol. The van der Waals surface area contributed by atoms with E-state index in [1.54, 1.807) is 17.4 Å². The highest BCUT2D eigenvalue weighted by molar-refractivity contribution is 5.88. The summed E-state index contributed by atoms with van der Waals surface area (Å²) in [5.74, 6) is 0.488. The Morgan fingerprint density at radius 3 is 2.74 bits per heavy atom. The number of aromatic nitrogens is 3. The summed E-state index contributed by atoms with van der Waals surface area (Å²) in [7, 11) is 3.72. The molecule has 2 aromatic rings. The van der Waals surface area contributed by atoms with Gasteiger partial charge in [-0.15, -0.1) is 0 Å². The Balaban J connectivity index is 1.99. The average molecular weight is 320 g/mol. The largest absolute Gasteiger partial charge is 0.395 e. The van der Waals surface area contributed by atoms with Crippen LogP contribution in [-0.4, -0.2) is 80.5 Å². The number of H-pyrrole nitrogens is 1. The fourth-order valence-corrected chi connectivity index (χ4v) is 2.75. The third-order valence-corrected chi connectivity index (χ3v) is 3.91. The highest BCUT2D eigenvalue weighted by Gasteiger charge is 2.42. The van der Waals surface area contributed by atoms with E-state index in [9.17, 15) is 15.3 Å². The number of aliphatic hydroxyl groups is 3. The summed E-state index contributed by atoms with van der Waals surface area (Å²) >= 11 is 0. The first kappa shape index (κ1) is 15.8. The quantitative estimate of drug-likeness (QED) is 0.357. The number of nitrogens with zero attached hydrogens (tertiary/aromatic N) is 4. The van der Waals surface area contributed by atoms with Crippen molar-refractivity contribution in [2.75, 3.05) is 20.7 Å². The van der Waals surface area contributed by atoms with Gasteiger partial charge in [0.1, 0.15) is 17.9 Å². The van der Waals surface area contributed by atoms with Crippen LogP contribution < -0.4 is 5.32 Å². The smallest absolute Gasteiger partial charge is 0.181 e. The molecule has 1 aliphatic rings. The summed E-state index contributed by atoms with van der Waals surface area (Å²) in [5.41, 5.74) is 1.97. The van der Waals surface area contributed by atoms with E-state index in [0.717, 1.165) is 0 Å². The normalized spacial score (nSPS) is 28.0. The minimum atomic E-state index is -1.04. The topological polar surface area (TPSA) is 130 Å². The molecule has 0 radical (unpaired) electrons. The number of rotatable bonds is 4. The van der Waals surface area contributed by atoms with Crippen molar-refractivity contribution in [3.63, 3.8) is 0 Å². The minimum Gasteiger partial charge on any atom is -0.395 e. The van der Waals surface area contributed by atoms with Crippen LogP contribution in [0.25, 0.3) is 11.0 Å². The van der Waals surface area contributed by atoms with Gasteiger partial charge in [0.25, 0.3) is 0 Å². The van der Waals surface area contributed by atoms with Gasteiger partial charge in [-0.2, -0.15) is 0 Å². The number of aliphatic imine (C=N–C) groups is 1. The molecule has 0 spiro atoms. The molecule has 0 aliphatic carbocycles. The van der Waals surface area contributed by atoms with Crippen LogP contribution in [0.15, 0.2) is 17.5 Å². The summed E-state index contributed by atoms with van der Waals surface area (Å²) in [6.45, 7) is -0.259. The number of aromatic amines is 1. The average Bonchev–Trinajstić information content (AvgIpc) is 3.08. The van der Waals surface area contributed by atoms with Crippen molar-refractivity contribution >= 4 is 23.2 Å². The number of aliphatic hydroxyl groups excluding tert-OH is 3. The Morgan fingerprint density at radius 2 is 2.09 bits per heavy atom. The maximum atomic E-state index is 10.2. The van der Waals surface area contributed by atoms with Gasteiger partial charge in [-0.05, 0) is 0 Å². The maximum Gasteiger partial charge on any atom is 0.181 e. The van der Waals surface area contributed by atoms with Crippen LogP contribution in [0.5, 0.6) is 0 Å². The Morgan fingerprint density at radius 1 is 1.30 bits per heavy atom. The standard InChI is InChI=1S/C14H20N6O3/c1-20(2)6-18-14-11-9(16-5-17-14)7(3-15-11)10-13(23)12(22)8(4-21)19-10/h3,5-6,8,10,12-13,15,19,21-23H,4H2,1-2H3/b18-6+/t8-,10+,12-,13+/m1/s1. The summed E-state index contributed by atoms with van der Waals surface area (Å²) in [4.78, 5) is 17.6. The second-order valence-electron chi connectivity index (χ2n) is 5.79. The Kier molecular flexibility index (Phi) is 4.26. The lowest BCUT2D eigenvalue weighted by molar-refractivity contribution is 0.0196. The Bertz CT molecular complexity index is 716. The third kappa shape index (κ3) is 2.79. The highest BCUT2D eigenvalue weighted by atomic mass is 16.3. The van der Waals surface area contributed by atoms with Gasteiger partial charge in [0, 0.05) is 25.9 Å². The molecular weight excluding hydrogens is 300 g/mol. The molecule has 0 saturated carbocycles. The second-order valence-corrected chi connectivity index (χ2v) is 5.79. The van der Waals surface area contributed by atoms with E-state index in [-0.39, 0.29) is 6.61 Å². The fraction of sp³-hybridized carbons (Fsp3) is 0.500. The lowest BCUT2D eigenvalue weighted by Crippen LogP contribution is -2.35. The van der Waals surface area contributed by atoms with Gasteiger partial charge in [0.15, 0.2) is 5.82 Å². The molecule has 0 amide bonds. The summed E-state index contributed by atoms with van der Waals surface area (Å²) in [5, 5.41) is 32.5. The van der Waals surface area contributed by atoms with Crippen molar-refractivity contribution in [1.82, 2.24) is 25.2 Å². The van der Waals surface area contributed by atoms with Crippen molar-refractivity contribution in [1.29, 1.82) is 0 Å². The zero-order chi connectivity index (χ0) is 16.6. The molecule has 3 rings (SSSR count). The predicted octanol–water partition coefficient (Wildman–Crippen LogP) is -1.09. The number of hydrogen-bond donors (Lipinski definition) is 5. The van der Waals surface area contributed by atoms with Crippen LogP contribution in [0.4, 0.5) is 5.82 Å². The molecule has 2 aromatic heterocycles. The molecule has 1 fully saturated rings. The van der Waals surface area contributed by atoms with Crippen molar-refractivity contribution in [3.05, 3.63) is 18.1 Å². The molecule has 124 valence electrons. The number of fused-ring (bicyclic) bond motifs is 1. The molecular formula is C14H20N6O3. The first-order chi connectivity index (χ1) is 11.0. The van der Waals surface area contributed by atoms with Gasteiger partial charge in [0.2, 0.25) is 0 Å². The third-order valence-electron chi connectivity index (χ3n) is 3.91. The van der Waals surface area contributed by atoms with Crippen molar-refractivity contribution < 1.29 is 15.3 Å². The summed E-state index contributed by atoms with van der Waals surface area (Å²) in [6.07, 6.45) is 2.68. The van der Waals surface area contributed by atoms with Gasteiger partial charge in [-0.3, -0.25) is 0 Å². The van der Waals surface area contributed by atoms with E-state index < -0.39 is 24.3 Å². The molecule has 23 heavy (non-hydrogen) atoms. The van der Waals surface area contributed by atoms with E-state index >= 15 is 0 Å². The number of hydrogen-bond acceptors (Lipinski definition) is 7. The lowest BCUT2D eigenvalue weighted by atomic mass is 10.0. The van der Waals surface area contributed by atoms with E-state index in [4.69, 9.17) is 0 Å². The van der Waals surface area contributed by atoms with Crippen LogP contribution in [0.3, 0.4) is 0 Å².